The van der Waals surface area contributed by atoms with E-state index in [1.54, 1.807) is 35.1 Å². The Morgan fingerprint density at radius 2 is 1.68 bits per heavy atom. The summed E-state index contributed by atoms with van der Waals surface area (Å²) in [4.78, 5) is 37.1. The van der Waals surface area contributed by atoms with Crippen molar-refractivity contribution in [2.24, 2.45) is 0 Å². The fraction of sp³-hybridized carbons (Fsp3) is 0.286. The second-order valence-electron chi connectivity index (χ2n) is 9.50. The number of hydrogen-bond acceptors (Lipinski definition) is 9. The molecule has 3 N–H and O–H groups in total. The highest BCUT2D eigenvalue weighted by molar-refractivity contribution is 5.92. The third-order valence-electron chi connectivity index (χ3n) is 5.86. The molecule has 0 aliphatic rings. The lowest BCUT2D eigenvalue weighted by Gasteiger charge is -2.10. The van der Waals surface area contributed by atoms with Gasteiger partial charge in [-0.15, -0.1) is 23.4 Å². The number of benzene rings is 1. The molecule has 0 saturated heterocycles. The van der Waals surface area contributed by atoms with Gasteiger partial charge in [0.1, 0.15) is 5.75 Å². The lowest BCUT2D eigenvalue weighted by Crippen LogP contribution is -2.21. The predicted octanol–water partition coefficient (Wildman–Crippen LogP) is 4.23. The molecule has 1 aromatic carbocycles. The largest absolute Gasteiger partial charge is 0.573 e. The van der Waals surface area contributed by atoms with Gasteiger partial charge in [0.25, 0.3) is 5.91 Å². The molecule has 0 atom stereocenters. The lowest BCUT2D eigenvalue weighted by molar-refractivity contribution is -0.274. The van der Waals surface area contributed by atoms with Gasteiger partial charge in [0.05, 0.1) is 18.3 Å². The maximum atomic E-state index is 12.5. The van der Waals surface area contributed by atoms with Gasteiger partial charge in [0, 0.05) is 31.5 Å². The number of alkyl halides is 6. The van der Waals surface area contributed by atoms with Crippen LogP contribution in [0.3, 0.4) is 0 Å². The van der Waals surface area contributed by atoms with Crippen LogP contribution in [0.15, 0.2) is 61.1 Å². The molecule has 4 rings (SSSR count). The van der Waals surface area contributed by atoms with Gasteiger partial charge in [-0.2, -0.15) is 18.3 Å². The van der Waals surface area contributed by atoms with Crippen molar-refractivity contribution in [2.75, 3.05) is 12.4 Å². The van der Waals surface area contributed by atoms with Gasteiger partial charge in [-0.05, 0) is 60.7 Å². The van der Waals surface area contributed by atoms with E-state index in [0.717, 1.165) is 18.5 Å². The summed E-state index contributed by atoms with van der Waals surface area (Å²) >= 11 is 0. The smallest absolute Gasteiger partial charge is 0.475 e. The molecule has 3 heterocycles. The number of aryl methyl sites for hydroxylation is 2. The number of nitrogens with zero attached hydrogens (tertiary/aromatic N) is 6. The molecule has 0 saturated carbocycles. The second kappa shape index (κ2) is 16.1. The Hall–Kier alpha value is -5.62. The van der Waals surface area contributed by atoms with Crippen LogP contribution >= 0.6 is 0 Å². The summed E-state index contributed by atoms with van der Waals surface area (Å²) < 4.78 is 74.9. The molecule has 0 radical (unpaired) electrons. The monoisotopic (exact) mass is 668 g/mol. The molecule has 4 aromatic rings. The van der Waals surface area contributed by atoms with Crippen LogP contribution in [-0.4, -0.2) is 72.7 Å². The standard InChI is InChI=1S/C26H25F3N8O3.C2HF3O2/c1-30-25(39)22-16-37(36-34-22)10-3-2-6-20-8-9-23(35-33-20)32-24(38)12-17-11-19(15-31-14-17)18-5-4-7-21(13-18)40-26(27,28)29;3-2(4,5)1(6)7/h4-5,7-9,11,13-16H,2-3,6,10,12H2,1H3,(H,30,39)(H,32,35,38);(H,6,7). The summed E-state index contributed by atoms with van der Waals surface area (Å²) in [5, 5.41) is 28.3. The van der Waals surface area contributed by atoms with E-state index >= 15 is 0 Å². The van der Waals surface area contributed by atoms with Crippen LogP contribution in [0.2, 0.25) is 0 Å². The van der Waals surface area contributed by atoms with Crippen LogP contribution in [-0.2, 0) is 29.0 Å². The summed E-state index contributed by atoms with van der Waals surface area (Å²) in [6, 6.07) is 10.6. The van der Waals surface area contributed by atoms with E-state index in [1.165, 1.54) is 37.6 Å². The summed E-state index contributed by atoms with van der Waals surface area (Å²) in [6.45, 7) is 0.606. The van der Waals surface area contributed by atoms with Gasteiger partial charge in [-0.1, -0.05) is 17.3 Å². The Balaban J connectivity index is 0.000000771. The quantitative estimate of drug-likeness (QED) is 0.155. The zero-order valence-electron chi connectivity index (χ0n) is 24.3. The van der Waals surface area contributed by atoms with Crippen LogP contribution in [0.4, 0.5) is 32.2 Å². The third-order valence-corrected chi connectivity index (χ3v) is 5.86. The van der Waals surface area contributed by atoms with Crippen molar-refractivity contribution >= 4 is 23.6 Å². The van der Waals surface area contributed by atoms with E-state index in [-0.39, 0.29) is 29.7 Å². The van der Waals surface area contributed by atoms with Crippen LogP contribution in [0.25, 0.3) is 11.1 Å². The number of ether oxygens (including phenoxy) is 1. The Labute approximate surface area is 262 Å². The summed E-state index contributed by atoms with van der Waals surface area (Å²) in [6.07, 6.45) is -3.03. The number of aliphatic carboxylic acids is 1. The van der Waals surface area contributed by atoms with Crippen LogP contribution in [0, 0.1) is 0 Å². The molecule has 13 nitrogen and oxygen atoms in total. The maximum Gasteiger partial charge on any atom is 0.573 e. The minimum Gasteiger partial charge on any atom is -0.475 e. The molecule has 19 heteroatoms. The molecule has 0 fully saturated rings. The highest BCUT2D eigenvalue weighted by Crippen LogP contribution is 2.28. The van der Waals surface area contributed by atoms with Crippen molar-refractivity contribution in [1.82, 2.24) is 35.5 Å². The van der Waals surface area contributed by atoms with E-state index in [4.69, 9.17) is 9.90 Å². The molecular formula is C28H26F6N8O5. The van der Waals surface area contributed by atoms with Crippen LogP contribution < -0.4 is 15.4 Å². The minimum atomic E-state index is -5.08. The topological polar surface area (TPSA) is 174 Å². The number of aromatic nitrogens is 6. The number of hydrogen-bond donors (Lipinski definition) is 3. The van der Waals surface area contributed by atoms with Crippen molar-refractivity contribution in [1.29, 1.82) is 0 Å². The van der Waals surface area contributed by atoms with E-state index in [1.807, 2.05) is 0 Å². The first-order valence-electron chi connectivity index (χ1n) is 13.5. The molecule has 0 unspecified atom stereocenters. The molecule has 0 aliphatic carbocycles. The van der Waals surface area contributed by atoms with Crippen molar-refractivity contribution in [3.8, 4) is 16.9 Å². The Morgan fingerprint density at radius 3 is 2.32 bits per heavy atom. The number of unbranched alkanes of at least 4 members (excludes halogenated alkanes) is 1. The number of carboxylic acid groups (broad SMARTS) is 1. The highest BCUT2D eigenvalue weighted by atomic mass is 19.4. The zero-order valence-corrected chi connectivity index (χ0v) is 24.3. The Kier molecular flexibility index (Phi) is 12.3. The van der Waals surface area contributed by atoms with Crippen molar-refractivity contribution < 1.29 is 50.6 Å². The van der Waals surface area contributed by atoms with Gasteiger partial charge in [0.2, 0.25) is 5.91 Å². The summed E-state index contributed by atoms with van der Waals surface area (Å²) in [7, 11) is 1.53. The average molecular weight is 669 g/mol. The molecule has 250 valence electrons. The number of carbonyl (C=O) groups excluding carboxylic acids is 2. The van der Waals surface area contributed by atoms with Crippen molar-refractivity contribution in [3.05, 3.63) is 78.0 Å². The number of nitrogens with one attached hydrogen (secondary N) is 2. The lowest BCUT2D eigenvalue weighted by atomic mass is 10.0. The van der Waals surface area contributed by atoms with Crippen molar-refractivity contribution in [3.63, 3.8) is 0 Å². The van der Waals surface area contributed by atoms with Gasteiger partial charge in [0.15, 0.2) is 11.5 Å². The molecule has 2 amide bonds. The number of halogens is 6. The van der Waals surface area contributed by atoms with Crippen molar-refractivity contribution in [2.45, 2.75) is 44.8 Å². The zero-order chi connectivity index (χ0) is 34.6. The first-order valence-corrected chi connectivity index (χ1v) is 13.5. The van der Waals surface area contributed by atoms with E-state index in [2.05, 4.69) is 40.9 Å². The number of anilines is 1. The maximum absolute atomic E-state index is 12.5. The number of carboxylic acids is 1. The number of amides is 2. The van der Waals surface area contributed by atoms with E-state index in [9.17, 15) is 35.9 Å². The normalized spacial score (nSPS) is 11.2. The number of rotatable bonds is 11. The van der Waals surface area contributed by atoms with Crippen LogP contribution in [0.5, 0.6) is 5.75 Å². The molecule has 3 aromatic heterocycles. The number of pyridine rings is 1. The van der Waals surface area contributed by atoms with Gasteiger partial charge >= 0.3 is 18.5 Å². The fourth-order valence-corrected chi connectivity index (χ4v) is 3.77. The molecule has 0 bridgehead atoms. The first kappa shape index (κ1) is 35.9. The third kappa shape index (κ3) is 12.4. The Morgan fingerprint density at radius 1 is 0.936 bits per heavy atom. The predicted molar refractivity (Wildman–Crippen MR) is 151 cm³/mol. The van der Waals surface area contributed by atoms with Crippen LogP contribution in [0.1, 0.15) is 34.6 Å². The number of carbonyl (C=O) groups is 3. The molecule has 0 spiro atoms. The highest BCUT2D eigenvalue weighted by Gasteiger charge is 2.38. The Bertz CT molecular complexity index is 1660. The fourth-order valence-electron chi connectivity index (χ4n) is 3.77. The van der Waals surface area contributed by atoms with Gasteiger partial charge in [-0.25, -0.2) is 4.79 Å². The minimum absolute atomic E-state index is 0.0209. The summed E-state index contributed by atoms with van der Waals surface area (Å²) in [5.41, 5.74) is 2.60. The van der Waals surface area contributed by atoms with Gasteiger partial charge in [-0.3, -0.25) is 19.3 Å². The van der Waals surface area contributed by atoms with Gasteiger partial charge < -0.3 is 20.5 Å². The van der Waals surface area contributed by atoms with E-state index in [0.29, 0.717) is 35.5 Å². The average Bonchev–Trinajstić information content (AvgIpc) is 3.48. The second-order valence-corrected chi connectivity index (χ2v) is 9.50. The van der Waals surface area contributed by atoms with E-state index < -0.39 is 18.5 Å². The first-order chi connectivity index (χ1) is 22.1. The molecular weight excluding hydrogens is 642 g/mol. The summed E-state index contributed by atoms with van der Waals surface area (Å²) in [5.74, 6) is -3.45. The SMILES string of the molecule is CNC(=O)c1cn(CCCCc2ccc(NC(=O)Cc3cncc(-c4cccc(OC(F)(F)F)c4)c3)nn2)nn1.O=C(O)C(F)(F)F. The molecule has 0 aliphatic heterocycles. The molecule has 47 heavy (non-hydrogen) atoms.